The molecule has 1 amide bonds. The van der Waals surface area contributed by atoms with Gasteiger partial charge in [0, 0.05) is 58.9 Å². The van der Waals surface area contributed by atoms with Gasteiger partial charge >= 0.3 is 0 Å². The summed E-state index contributed by atoms with van der Waals surface area (Å²) in [5, 5.41) is 3.18. The molecule has 1 saturated heterocycles. The highest BCUT2D eigenvalue weighted by Crippen LogP contribution is 2.26. The number of aromatic nitrogens is 2. The SMILES string of the molecule is C[C@@H]1CN(c2ccc(S(=O)(=O)Nc3nccs3)cc2)CCN1C(=O)[C@H](C)n1ccc2ccccc21.[HH].[HH].[HH]. The van der Waals surface area contributed by atoms with E-state index in [0.29, 0.717) is 24.8 Å². The molecule has 2 atom stereocenters. The normalized spacial score (nSPS) is 17.5. The third-order valence-corrected chi connectivity index (χ3v) is 8.65. The number of anilines is 2. The number of thiazole rings is 1. The monoisotopic (exact) mass is 515 g/mol. The van der Waals surface area contributed by atoms with Crippen LogP contribution in [0, 0.1) is 0 Å². The number of nitrogens with zero attached hydrogens (tertiary/aromatic N) is 4. The second-order valence-electron chi connectivity index (χ2n) is 8.72. The lowest BCUT2D eigenvalue weighted by Crippen LogP contribution is -2.55. The third kappa shape index (κ3) is 4.63. The van der Waals surface area contributed by atoms with E-state index in [1.165, 1.54) is 11.3 Å². The molecule has 0 unspecified atom stereocenters. The minimum atomic E-state index is -3.68. The van der Waals surface area contributed by atoms with Gasteiger partial charge in [-0.25, -0.2) is 13.4 Å². The van der Waals surface area contributed by atoms with Crippen LogP contribution in [0.1, 0.15) is 24.2 Å². The maximum atomic E-state index is 13.4. The van der Waals surface area contributed by atoms with Crippen LogP contribution in [0.15, 0.2) is 77.3 Å². The van der Waals surface area contributed by atoms with Gasteiger partial charge < -0.3 is 14.4 Å². The molecule has 8 nitrogen and oxygen atoms in total. The first-order valence-corrected chi connectivity index (χ1v) is 13.8. The van der Waals surface area contributed by atoms with E-state index in [4.69, 9.17) is 0 Å². The van der Waals surface area contributed by atoms with Gasteiger partial charge in [0.15, 0.2) is 5.13 Å². The molecule has 188 valence electrons. The Balaban J connectivity index is 0.00000169. The molecule has 1 N–H and O–H groups in total. The van der Waals surface area contributed by atoms with Crippen molar-refractivity contribution in [1.29, 1.82) is 0 Å². The van der Waals surface area contributed by atoms with Crippen molar-refractivity contribution in [1.82, 2.24) is 14.5 Å². The number of piperazine rings is 1. The fourth-order valence-electron chi connectivity index (χ4n) is 4.60. The molecule has 35 heavy (non-hydrogen) atoms. The summed E-state index contributed by atoms with van der Waals surface area (Å²) in [4.78, 5) is 21.7. The molecule has 4 aromatic rings. The number of carbonyl (C=O) groups is 1. The summed E-state index contributed by atoms with van der Waals surface area (Å²) in [6.07, 6.45) is 3.53. The number of fused-ring (bicyclic) bond motifs is 1. The van der Waals surface area contributed by atoms with Crippen molar-refractivity contribution in [2.24, 2.45) is 0 Å². The quantitative estimate of drug-likeness (QED) is 0.393. The largest absolute Gasteiger partial charge is 0.368 e. The number of para-hydroxylation sites is 1. The van der Waals surface area contributed by atoms with E-state index < -0.39 is 10.0 Å². The number of benzene rings is 2. The first-order valence-electron chi connectivity index (χ1n) is 11.5. The predicted molar refractivity (Wildman–Crippen MR) is 146 cm³/mol. The number of hydrogen-bond donors (Lipinski definition) is 1. The van der Waals surface area contributed by atoms with Crippen molar-refractivity contribution in [3.8, 4) is 0 Å². The summed E-state index contributed by atoms with van der Waals surface area (Å²) in [7, 11) is -3.68. The molecule has 10 heteroatoms. The maximum Gasteiger partial charge on any atom is 0.263 e. The van der Waals surface area contributed by atoms with Crippen molar-refractivity contribution < 1.29 is 17.5 Å². The van der Waals surface area contributed by atoms with Gasteiger partial charge in [0.1, 0.15) is 6.04 Å². The summed E-state index contributed by atoms with van der Waals surface area (Å²) in [5.74, 6) is 0.105. The Morgan fingerprint density at radius 3 is 2.63 bits per heavy atom. The third-order valence-electron chi connectivity index (χ3n) is 6.48. The van der Waals surface area contributed by atoms with Gasteiger partial charge in [-0.2, -0.15) is 0 Å². The number of nitrogens with one attached hydrogen (secondary N) is 1. The van der Waals surface area contributed by atoms with Gasteiger partial charge in [-0.15, -0.1) is 11.3 Å². The standard InChI is InChI=1S/C25H27N5O3S2.3H2/c1-18-17-28(21-7-9-22(10-8-21)35(32,33)27-25-26-12-16-34-25)14-15-29(18)24(31)19(2)30-13-11-20-5-3-4-6-23(20)30;;;/h3-13,16,18-19H,14-15,17H2,1-2H3,(H,26,27);3*1H/t18-,19+;;;/m1.../s1. The minimum Gasteiger partial charge on any atom is -0.368 e. The van der Waals surface area contributed by atoms with Crippen LogP contribution in [-0.2, 0) is 14.8 Å². The van der Waals surface area contributed by atoms with Crippen molar-refractivity contribution in [3.63, 3.8) is 0 Å². The van der Waals surface area contributed by atoms with Gasteiger partial charge in [-0.1, -0.05) is 18.2 Å². The highest BCUT2D eigenvalue weighted by Gasteiger charge is 2.31. The van der Waals surface area contributed by atoms with E-state index in [0.717, 1.165) is 16.6 Å². The molecule has 1 fully saturated rings. The van der Waals surface area contributed by atoms with Gasteiger partial charge in [-0.3, -0.25) is 9.52 Å². The smallest absolute Gasteiger partial charge is 0.263 e. The molecule has 0 aliphatic carbocycles. The van der Waals surface area contributed by atoms with E-state index in [2.05, 4.69) is 27.6 Å². The fourth-order valence-corrected chi connectivity index (χ4v) is 6.39. The van der Waals surface area contributed by atoms with Gasteiger partial charge in [-0.05, 0) is 55.6 Å². The van der Waals surface area contributed by atoms with Crippen molar-refractivity contribution in [2.75, 3.05) is 29.3 Å². The Hall–Kier alpha value is -3.37. The van der Waals surface area contributed by atoms with Crippen molar-refractivity contribution in [2.45, 2.75) is 30.8 Å². The molecule has 3 heterocycles. The molecule has 5 rings (SSSR count). The number of carbonyl (C=O) groups excluding carboxylic acids is 1. The second kappa shape index (κ2) is 9.35. The molecule has 0 radical (unpaired) electrons. The lowest BCUT2D eigenvalue weighted by Gasteiger charge is -2.42. The summed E-state index contributed by atoms with van der Waals surface area (Å²) < 4.78 is 29.7. The molecular formula is C25H33N5O3S2. The van der Waals surface area contributed by atoms with E-state index in [9.17, 15) is 13.2 Å². The molecule has 2 aromatic heterocycles. The predicted octanol–water partition coefficient (Wildman–Crippen LogP) is 4.93. The van der Waals surface area contributed by atoms with Crippen LogP contribution >= 0.6 is 11.3 Å². The highest BCUT2D eigenvalue weighted by molar-refractivity contribution is 7.93. The summed E-state index contributed by atoms with van der Waals surface area (Å²) >= 11 is 1.23. The van der Waals surface area contributed by atoms with Crippen LogP contribution in [0.3, 0.4) is 0 Å². The number of rotatable bonds is 6. The Bertz CT molecular complexity index is 1450. The Labute approximate surface area is 213 Å². The molecule has 0 bridgehead atoms. The van der Waals surface area contributed by atoms with Crippen LogP contribution in [0.4, 0.5) is 10.8 Å². The zero-order valence-corrected chi connectivity index (χ0v) is 21.2. The number of amides is 1. The van der Waals surface area contributed by atoms with Crippen molar-refractivity contribution in [3.05, 3.63) is 72.4 Å². The molecular weight excluding hydrogens is 482 g/mol. The topological polar surface area (TPSA) is 87.5 Å². The summed E-state index contributed by atoms with van der Waals surface area (Å²) in [6.45, 7) is 5.97. The maximum absolute atomic E-state index is 13.4. The summed E-state index contributed by atoms with van der Waals surface area (Å²) in [6, 6.07) is 16.7. The van der Waals surface area contributed by atoms with Crippen LogP contribution in [0.25, 0.3) is 10.9 Å². The van der Waals surface area contributed by atoms with Crippen molar-refractivity contribution >= 4 is 49.0 Å². The second-order valence-corrected chi connectivity index (χ2v) is 11.3. The average Bonchev–Trinajstić information content (AvgIpc) is 3.53. The lowest BCUT2D eigenvalue weighted by atomic mass is 10.1. The van der Waals surface area contributed by atoms with Gasteiger partial charge in [0.25, 0.3) is 10.0 Å². The molecule has 0 saturated carbocycles. The number of hydrogen-bond acceptors (Lipinski definition) is 6. The first kappa shape index (κ1) is 23.4. The van der Waals surface area contributed by atoms with Crippen LogP contribution in [-0.4, -0.2) is 54.5 Å². The summed E-state index contributed by atoms with van der Waals surface area (Å²) in [5.41, 5.74) is 1.99. The van der Waals surface area contributed by atoms with E-state index in [1.54, 1.807) is 23.7 Å². The zero-order valence-electron chi connectivity index (χ0n) is 19.5. The van der Waals surface area contributed by atoms with Gasteiger partial charge in [0.2, 0.25) is 5.91 Å². The minimum absolute atomic E-state index is 0. The zero-order chi connectivity index (χ0) is 24.6. The Morgan fingerprint density at radius 1 is 1.14 bits per heavy atom. The van der Waals surface area contributed by atoms with Crippen LogP contribution in [0.5, 0.6) is 0 Å². The molecule has 2 aromatic carbocycles. The Kier molecular flexibility index (Phi) is 6.24. The molecule has 1 aliphatic heterocycles. The lowest BCUT2D eigenvalue weighted by molar-refractivity contribution is -0.136. The van der Waals surface area contributed by atoms with Gasteiger partial charge in [0.05, 0.1) is 4.90 Å². The van der Waals surface area contributed by atoms with Crippen LogP contribution < -0.4 is 9.62 Å². The fraction of sp³-hybridized carbons (Fsp3) is 0.280. The van der Waals surface area contributed by atoms with E-state index >= 15 is 0 Å². The number of sulfonamides is 1. The molecule has 1 aliphatic rings. The van der Waals surface area contributed by atoms with E-state index in [-0.39, 0.29) is 27.2 Å². The molecule has 0 spiro atoms. The Morgan fingerprint density at radius 2 is 1.91 bits per heavy atom. The van der Waals surface area contributed by atoms with Crippen LogP contribution in [0.2, 0.25) is 0 Å². The van der Waals surface area contributed by atoms with E-state index in [1.807, 2.05) is 59.0 Å². The highest BCUT2D eigenvalue weighted by atomic mass is 32.2. The first-order chi connectivity index (χ1) is 16.8. The average molecular weight is 516 g/mol.